The Morgan fingerprint density at radius 3 is 0.553 bits per heavy atom. The van der Waals surface area contributed by atoms with E-state index < -0.39 is 0 Å². The van der Waals surface area contributed by atoms with Crippen molar-refractivity contribution in [1.29, 1.82) is 0 Å². The average Bonchev–Trinajstić information content (AvgIpc) is 2.62. The molecule has 0 aliphatic carbocycles. The van der Waals surface area contributed by atoms with E-state index in [1.54, 1.807) is 0 Å². The maximum absolute atomic E-state index is 2.32. The summed E-state index contributed by atoms with van der Waals surface area (Å²) in [6.07, 6.45) is 16.4. The van der Waals surface area contributed by atoms with Crippen molar-refractivity contribution in [2.45, 2.75) is 254 Å². The van der Waals surface area contributed by atoms with Gasteiger partial charge >= 0.3 is 0 Å². The zero-order valence-corrected chi connectivity index (χ0v) is 35.5. The number of hydrogen-bond donors (Lipinski definition) is 0. The van der Waals surface area contributed by atoms with Crippen LogP contribution in [0.15, 0.2) is 12.2 Å². The minimum atomic E-state index is 0. The van der Waals surface area contributed by atoms with Crippen LogP contribution in [0.4, 0.5) is 0 Å². The van der Waals surface area contributed by atoms with Crippen molar-refractivity contribution < 1.29 is 0 Å². The molecule has 0 radical (unpaired) electrons. The Morgan fingerprint density at radius 1 is 0.255 bits per heavy atom. The largest absolute Gasteiger partial charge is 0.0880 e. The van der Waals surface area contributed by atoms with Gasteiger partial charge in [0.1, 0.15) is 0 Å². The molecule has 0 aromatic heterocycles. The Kier molecular flexibility index (Phi) is 36.8. The van der Waals surface area contributed by atoms with Crippen LogP contribution in [0.1, 0.15) is 254 Å². The Labute approximate surface area is 308 Å². The van der Waals surface area contributed by atoms with Crippen molar-refractivity contribution >= 4 is 0 Å². The minimum absolute atomic E-state index is 0. The van der Waals surface area contributed by atoms with Crippen molar-refractivity contribution in [1.82, 2.24) is 0 Å². The number of unbranched alkanes of at least 4 members (excludes halogenated alkanes) is 1. The standard InChI is InChI=1S/C12H26.C12H24.C10H22.C9H20.4CH4/c2*1-11(2,3)9-7-8-10-12(4,5)6;1-9(2,3)7-8-10(4,5)6;1-8(2,3)7-9(4,5)6;;;;/h7-10H2,1-6H3;7-8H,9-10H2,1-6H3;7-8H2,1-6H3;7H2,1-6H3;4*1H4/b;8-7-;;;;;;. The van der Waals surface area contributed by atoms with Gasteiger partial charge in [0.25, 0.3) is 0 Å². The van der Waals surface area contributed by atoms with E-state index in [1.807, 2.05) is 0 Å². The normalized spacial score (nSPS) is 12.7. The lowest BCUT2D eigenvalue weighted by molar-refractivity contribution is 0.233. The van der Waals surface area contributed by atoms with E-state index in [0.29, 0.717) is 43.3 Å². The van der Waals surface area contributed by atoms with Crippen LogP contribution in [0.2, 0.25) is 0 Å². The fourth-order valence-corrected chi connectivity index (χ4v) is 4.53. The predicted molar refractivity (Wildman–Crippen MR) is 233 cm³/mol. The van der Waals surface area contributed by atoms with Gasteiger partial charge < -0.3 is 0 Å². The molecular formula is C47H108. The zero-order chi connectivity index (χ0) is 35.8. The second-order valence-electron chi connectivity index (χ2n) is 23.2. The lowest BCUT2D eigenvalue weighted by atomic mass is 9.78. The van der Waals surface area contributed by atoms with Gasteiger partial charge in [-0.3, -0.25) is 0 Å². The van der Waals surface area contributed by atoms with Gasteiger partial charge in [0.05, 0.1) is 0 Å². The number of allylic oxidation sites excluding steroid dienone is 2. The molecule has 0 bridgehead atoms. The van der Waals surface area contributed by atoms with Crippen LogP contribution in [0.3, 0.4) is 0 Å². The summed E-state index contributed by atoms with van der Waals surface area (Å²) in [7, 11) is 0. The summed E-state index contributed by atoms with van der Waals surface area (Å²) in [6, 6.07) is 0. The molecule has 0 atom stereocenters. The van der Waals surface area contributed by atoms with Crippen molar-refractivity contribution in [3.05, 3.63) is 12.2 Å². The fourth-order valence-electron chi connectivity index (χ4n) is 4.53. The minimum Gasteiger partial charge on any atom is -0.0880 e. The SMILES string of the molecule is C.C.C.C.CC(C)(C)C/C=C\CC(C)(C)C.CC(C)(C)CC(C)(C)C.CC(C)(C)CCC(C)(C)C.CC(C)(C)CCCCC(C)(C)C. The van der Waals surface area contributed by atoms with Gasteiger partial charge in [-0.05, 0) is 88.3 Å². The molecule has 0 saturated heterocycles. The monoisotopic (exact) mass is 673 g/mol. The Balaban J connectivity index is -0.0000000704. The predicted octanol–water partition coefficient (Wildman–Crippen LogP) is 18.9. The zero-order valence-electron chi connectivity index (χ0n) is 35.5. The quantitative estimate of drug-likeness (QED) is 0.195. The average molecular weight is 673 g/mol. The van der Waals surface area contributed by atoms with Gasteiger partial charge in [-0.15, -0.1) is 0 Å². The third kappa shape index (κ3) is 92.6. The molecular weight excluding hydrogens is 565 g/mol. The Bertz CT molecular complexity index is 598. The maximum atomic E-state index is 2.32. The molecule has 0 amide bonds. The lowest BCUT2D eigenvalue weighted by Gasteiger charge is -2.28. The summed E-state index contributed by atoms with van der Waals surface area (Å²) in [4.78, 5) is 0. The molecule has 0 nitrogen and oxygen atoms in total. The summed E-state index contributed by atoms with van der Waals surface area (Å²) >= 11 is 0. The molecule has 47 heavy (non-hydrogen) atoms. The summed E-state index contributed by atoms with van der Waals surface area (Å²) in [6.45, 7) is 55.1. The van der Waals surface area contributed by atoms with Crippen LogP contribution < -0.4 is 0 Å². The first-order valence-electron chi connectivity index (χ1n) is 18.0. The second kappa shape index (κ2) is 26.5. The highest BCUT2D eigenvalue weighted by Crippen LogP contribution is 2.32. The first-order chi connectivity index (χ1) is 18.3. The smallest absolute Gasteiger partial charge is 0.0302 e. The van der Waals surface area contributed by atoms with E-state index >= 15 is 0 Å². The first-order valence-corrected chi connectivity index (χ1v) is 18.0. The third-order valence-corrected chi connectivity index (χ3v) is 6.42. The molecule has 0 spiro atoms. The van der Waals surface area contributed by atoms with Crippen molar-refractivity contribution in [3.63, 3.8) is 0 Å². The Hall–Kier alpha value is -0.260. The highest BCUT2D eigenvalue weighted by molar-refractivity contribution is 4.88. The van der Waals surface area contributed by atoms with Crippen LogP contribution in [-0.4, -0.2) is 0 Å². The molecule has 0 unspecified atom stereocenters. The van der Waals surface area contributed by atoms with E-state index in [0.717, 1.165) is 0 Å². The van der Waals surface area contributed by atoms with E-state index in [9.17, 15) is 0 Å². The highest BCUT2D eigenvalue weighted by Gasteiger charge is 2.20. The number of rotatable bonds is 6. The molecule has 0 aromatic carbocycles. The highest BCUT2D eigenvalue weighted by atomic mass is 14.3. The summed E-state index contributed by atoms with van der Waals surface area (Å²) in [5.41, 5.74) is 3.91. The molecule has 0 heterocycles. The molecule has 0 saturated carbocycles. The molecule has 0 N–H and O–H groups in total. The van der Waals surface area contributed by atoms with Crippen molar-refractivity contribution in [2.24, 2.45) is 43.3 Å². The molecule has 0 heteroatoms. The molecule has 0 aliphatic heterocycles. The topological polar surface area (TPSA) is 0 Å². The molecule has 296 valence electrons. The van der Waals surface area contributed by atoms with Gasteiger partial charge in [0.15, 0.2) is 0 Å². The van der Waals surface area contributed by atoms with Crippen molar-refractivity contribution in [2.75, 3.05) is 0 Å². The van der Waals surface area contributed by atoms with Crippen LogP contribution in [0.5, 0.6) is 0 Å². The fraction of sp³-hybridized carbons (Fsp3) is 0.957. The lowest BCUT2D eigenvalue weighted by Crippen LogP contribution is -2.16. The van der Waals surface area contributed by atoms with Gasteiger partial charge in [-0.2, -0.15) is 0 Å². The van der Waals surface area contributed by atoms with E-state index in [2.05, 4.69) is 178 Å². The van der Waals surface area contributed by atoms with Crippen LogP contribution in [0, 0.1) is 43.3 Å². The summed E-state index contributed by atoms with van der Waals surface area (Å²) < 4.78 is 0. The Morgan fingerprint density at radius 2 is 0.447 bits per heavy atom. The number of hydrogen-bond acceptors (Lipinski definition) is 0. The van der Waals surface area contributed by atoms with Gasteiger partial charge in [-0.1, -0.05) is 221 Å². The third-order valence-electron chi connectivity index (χ3n) is 6.42. The van der Waals surface area contributed by atoms with E-state index in [4.69, 9.17) is 0 Å². The van der Waals surface area contributed by atoms with Gasteiger partial charge in [0.2, 0.25) is 0 Å². The van der Waals surface area contributed by atoms with Crippen LogP contribution in [0.25, 0.3) is 0 Å². The second-order valence-corrected chi connectivity index (χ2v) is 23.2. The molecule has 0 aliphatic rings. The molecule has 0 aromatic rings. The van der Waals surface area contributed by atoms with E-state index in [-0.39, 0.29) is 29.7 Å². The summed E-state index contributed by atoms with van der Waals surface area (Å²) in [5.74, 6) is 0. The van der Waals surface area contributed by atoms with Crippen LogP contribution >= 0.6 is 0 Å². The van der Waals surface area contributed by atoms with Crippen molar-refractivity contribution in [3.8, 4) is 0 Å². The van der Waals surface area contributed by atoms with E-state index in [1.165, 1.54) is 57.8 Å². The van der Waals surface area contributed by atoms with Gasteiger partial charge in [-0.25, -0.2) is 0 Å². The van der Waals surface area contributed by atoms with Gasteiger partial charge in [0, 0.05) is 0 Å². The molecule has 0 rings (SSSR count). The first kappa shape index (κ1) is 65.2. The van der Waals surface area contributed by atoms with Crippen LogP contribution in [-0.2, 0) is 0 Å². The molecule has 0 fully saturated rings. The summed E-state index contributed by atoms with van der Waals surface area (Å²) in [5, 5.41) is 0. The maximum Gasteiger partial charge on any atom is -0.0302 e.